The van der Waals surface area contributed by atoms with Gasteiger partial charge in [0.15, 0.2) is 0 Å². The Morgan fingerprint density at radius 3 is 2.12 bits per heavy atom. The van der Waals surface area contributed by atoms with Gasteiger partial charge < -0.3 is 4.74 Å². The molecule has 0 radical (unpaired) electrons. The van der Waals surface area contributed by atoms with Gasteiger partial charge in [-0.1, -0.05) is 12.7 Å². The molecule has 0 bridgehead atoms. The largest absolute Gasteiger partial charge is 0.490 e. The summed E-state index contributed by atoms with van der Waals surface area (Å²) >= 11 is 0. The summed E-state index contributed by atoms with van der Waals surface area (Å²) < 4.78 is 5.49. The van der Waals surface area contributed by atoms with Crippen molar-refractivity contribution in [3.63, 3.8) is 0 Å². The molecule has 0 amide bonds. The molecule has 0 heterocycles. The number of hydrogen-bond donors (Lipinski definition) is 0. The van der Waals surface area contributed by atoms with Crippen molar-refractivity contribution < 1.29 is 4.74 Å². The molecule has 1 aromatic carbocycles. The minimum Gasteiger partial charge on any atom is -0.490 e. The quantitative estimate of drug-likeness (QED) is 0.549. The van der Waals surface area contributed by atoms with E-state index in [0.29, 0.717) is 6.61 Å². The van der Waals surface area contributed by atoms with Crippen LogP contribution in [0.2, 0.25) is 0 Å². The van der Waals surface area contributed by atoms with Crippen LogP contribution in [0.1, 0.15) is 11.1 Å². The topological polar surface area (TPSA) is 34.0 Å². The van der Waals surface area contributed by atoms with Gasteiger partial charge in [0.2, 0.25) is 0 Å². The van der Waals surface area contributed by atoms with Gasteiger partial charge in [-0.05, 0) is 29.3 Å². The Morgan fingerprint density at radius 1 is 1.12 bits per heavy atom. The van der Waals surface area contributed by atoms with Crippen molar-refractivity contribution in [2.45, 2.75) is 0 Å². The van der Waals surface area contributed by atoms with Gasteiger partial charge in [0.05, 0.1) is 0 Å². The molecular formula is C13H16N2O. The van der Waals surface area contributed by atoms with E-state index in [9.17, 15) is 0 Å². The Balaban J connectivity index is 3.02. The monoisotopic (exact) mass is 216 g/mol. The number of hydrogen-bond acceptors (Lipinski definition) is 3. The fourth-order valence-corrected chi connectivity index (χ4v) is 1.33. The first-order chi connectivity index (χ1) is 7.80. The van der Waals surface area contributed by atoms with E-state index in [4.69, 9.17) is 4.74 Å². The van der Waals surface area contributed by atoms with Gasteiger partial charge in [-0.15, -0.1) is 0 Å². The van der Waals surface area contributed by atoms with Crippen LogP contribution in [0.5, 0.6) is 5.75 Å². The lowest BCUT2D eigenvalue weighted by molar-refractivity contribution is 0.363. The van der Waals surface area contributed by atoms with Gasteiger partial charge >= 0.3 is 0 Å². The summed E-state index contributed by atoms with van der Waals surface area (Å²) in [5, 5.41) is 0. The third kappa shape index (κ3) is 3.69. The summed E-state index contributed by atoms with van der Waals surface area (Å²) in [5.74, 6) is 0.798. The molecule has 0 atom stereocenters. The van der Waals surface area contributed by atoms with Crippen molar-refractivity contribution in [1.29, 1.82) is 0 Å². The average molecular weight is 216 g/mol. The molecule has 0 saturated heterocycles. The van der Waals surface area contributed by atoms with Crippen LogP contribution in [-0.4, -0.2) is 33.1 Å². The first-order valence-corrected chi connectivity index (χ1v) is 5.03. The van der Waals surface area contributed by atoms with Gasteiger partial charge in [0.25, 0.3) is 0 Å². The molecule has 0 N–H and O–H groups in total. The first kappa shape index (κ1) is 12.2. The number of rotatable bonds is 5. The van der Waals surface area contributed by atoms with Gasteiger partial charge in [-0.3, -0.25) is 9.98 Å². The summed E-state index contributed by atoms with van der Waals surface area (Å²) in [6.45, 7) is 4.11. The number of benzene rings is 1. The minimum absolute atomic E-state index is 0.495. The Hall–Kier alpha value is -1.90. The number of aliphatic imine (C=N–C) groups is 2. The Labute approximate surface area is 96.2 Å². The number of ether oxygens (including phenoxy) is 1. The lowest BCUT2D eigenvalue weighted by Crippen LogP contribution is -1.96. The van der Waals surface area contributed by atoms with Gasteiger partial charge in [0.1, 0.15) is 12.4 Å². The zero-order valence-corrected chi connectivity index (χ0v) is 9.68. The van der Waals surface area contributed by atoms with Crippen molar-refractivity contribution in [3.8, 4) is 5.75 Å². The summed E-state index contributed by atoms with van der Waals surface area (Å²) in [6, 6.07) is 5.87. The van der Waals surface area contributed by atoms with Crippen LogP contribution in [0.4, 0.5) is 0 Å². The summed E-state index contributed by atoms with van der Waals surface area (Å²) in [5.41, 5.74) is 2.00. The molecule has 16 heavy (non-hydrogen) atoms. The van der Waals surface area contributed by atoms with Crippen molar-refractivity contribution in [2.24, 2.45) is 9.98 Å². The van der Waals surface area contributed by atoms with Crippen LogP contribution < -0.4 is 4.74 Å². The summed E-state index contributed by atoms with van der Waals surface area (Å²) in [6.07, 6.45) is 5.29. The molecule has 3 nitrogen and oxygen atoms in total. The maximum Gasteiger partial charge on any atom is 0.121 e. The predicted octanol–water partition coefficient (Wildman–Crippen LogP) is 2.35. The van der Waals surface area contributed by atoms with Gasteiger partial charge in [0, 0.05) is 26.5 Å². The van der Waals surface area contributed by atoms with E-state index in [2.05, 4.69) is 16.6 Å². The van der Waals surface area contributed by atoms with Crippen molar-refractivity contribution in [1.82, 2.24) is 0 Å². The van der Waals surface area contributed by atoms with Crippen LogP contribution in [0.15, 0.2) is 40.8 Å². The molecule has 0 spiro atoms. The second-order valence-electron chi connectivity index (χ2n) is 3.21. The molecule has 0 aromatic heterocycles. The standard InChI is InChI=1S/C13H16N2O/c1-4-5-16-13-7-11(9-14-2)6-12(8-13)10-15-3/h4,6-10H,1,5H2,2-3H3. The first-order valence-electron chi connectivity index (χ1n) is 5.03. The van der Waals surface area contributed by atoms with Crippen molar-refractivity contribution in [3.05, 3.63) is 42.0 Å². The maximum atomic E-state index is 5.49. The van der Waals surface area contributed by atoms with Crippen LogP contribution in [-0.2, 0) is 0 Å². The second kappa shape index (κ2) is 6.56. The fourth-order valence-electron chi connectivity index (χ4n) is 1.33. The molecule has 0 aliphatic rings. The van der Waals surface area contributed by atoms with Gasteiger partial charge in [-0.2, -0.15) is 0 Å². The molecule has 0 aliphatic heterocycles. The third-order valence-corrected chi connectivity index (χ3v) is 1.88. The molecule has 84 valence electrons. The molecule has 3 heteroatoms. The molecule has 1 aromatic rings. The van der Waals surface area contributed by atoms with E-state index in [-0.39, 0.29) is 0 Å². The second-order valence-corrected chi connectivity index (χ2v) is 3.21. The molecule has 0 saturated carbocycles. The number of nitrogens with zero attached hydrogens (tertiary/aromatic N) is 2. The van der Waals surface area contributed by atoms with Gasteiger partial charge in [-0.25, -0.2) is 0 Å². The highest BCUT2D eigenvalue weighted by Gasteiger charge is 1.98. The summed E-state index contributed by atoms with van der Waals surface area (Å²) in [7, 11) is 3.48. The lowest BCUT2D eigenvalue weighted by Gasteiger charge is -2.05. The van der Waals surface area contributed by atoms with E-state index < -0.39 is 0 Å². The highest BCUT2D eigenvalue weighted by atomic mass is 16.5. The average Bonchev–Trinajstić information content (AvgIpc) is 2.27. The third-order valence-electron chi connectivity index (χ3n) is 1.88. The highest BCUT2D eigenvalue weighted by Crippen LogP contribution is 2.15. The Bertz CT molecular complexity index is 378. The molecule has 0 unspecified atom stereocenters. The zero-order chi connectivity index (χ0) is 11.8. The van der Waals surface area contributed by atoms with E-state index in [1.807, 2.05) is 18.2 Å². The zero-order valence-electron chi connectivity index (χ0n) is 9.68. The maximum absolute atomic E-state index is 5.49. The van der Waals surface area contributed by atoms with Crippen LogP contribution in [0, 0.1) is 0 Å². The smallest absolute Gasteiger partial charge is 0.121 e. The van der Waals surface area contributed by atoms with E-state index in [1.165, 1.54) is 0 Å². The summed E-state index contributed by atoms with van der Waals surface area (Å²) in [4.78, 5) is 7.97. The van der Waals surface area contributed by atoms with E-state index in [0.717, 1.165) is 16.9 Å². The highest BCUT2D eigenvalue weighted by molar-refractivity contribution is 5.87. The SMILES string of the molecule is C=CCOc1cc(C=NC)cc(C=NC)c1. The van der Waals surface area contributed by atoms with Crippen LogP contribution in [0.3, 0.4) is 0 Å². The Kier molecular flexibility index (Phi) is 4.99. The predicted molar refractivity (Wildman–Crippen MR) is 69.2 cm³/mol. The fraction of sp³-hybridized carbons (Fsp3) is 0.231. The molecule has 0 aliphatic carbocycles. The van der Waals surface area contributed by atoms with Crippen molar-refractivity contribution in [2.75, 3.05) is 20.7 Å². The van der Waals surface area contributed by atoms with E-state index >= 15 is 0 Å². The minimum atomic E-state index is 0.495. The van der Waals surface area contributed by atoms with Crippen molar-refractivity contribution >= 4 is 12.4 Å². The molecule has 1 rings (SSSR count). The molecule has 0 fully saturated rings. The molecular weight excluding hydrogens is 200 g/mol. The Morgan fingerprint density at radius 2 is 1.69 bits per heavy atom. The normalized spacial score (nSPS) is 11.1. The van der Waals surface area contributed by atoms with Crippen LogP contribution >= 0.6 is 0 Å². The van der Waals surface area contributed by atoms with E-state index in [1.54, 1.807) is 32.6 Å². The lowest BCUT2D eigenvalue weighted by atomic mass is 10.1. The van der Waals surface area contributed by atoms with Crippen LogP contribution in [0.25, 0.3) is 0 Å².